The van der Waals surface area contributed by atoms with Crippen molar-refractivity contribution < 1.29 is 14.8 Å². The zero-order valence-corrected chi connectivity index (χ0v) is 11.5. The predicted molar refractivity (Wildman–Crippen MR) is 80.7 cm³/mol. The molecule has 22 heavy (non-hydrogen) atoms. The monoisotopic (exact) mass is 296 g/mol. The van der Waals surface area contributed by atoms with E-state index in [9.17, 15) is 20.0 Å². The summed E-state index contributed by atoms with van der Waals surface area (Å²) in [7, 11) is 0. The number of fused-ring (bicyclic) bond motifs is 1. The summed E-state index contributed by atoms with van der Waals surface area (Å²) in [5, 5.41) is 21.2. The lowest BCUT2D eigenvalue weighted by Gasteiger charge is -2.04. The van der Waals surface area contributed by atoms with Crippen LogP contribution in [0, 0.1) is 10.1 Å². The molecule has 6 nitrogen and oxygen atoms in total. The van der Waals surface area contributed by atoms with Crippen LogP contribution in [0.5, 0.6) is 0 Å². The minimum absolute atomic E-state index is 0.0118. The molecule has 0 saturated carbocycles. The van der Waals surface area contributed by atoms with Gasteiger partial charge in [0.1, 0.15) is 5.56 Å². The van der Waals surface area contributed by atoms with Gasteiger partial charge < -0.3 is 5.11 Å². The van der Waals surface area contributed by atoms with Crippen LogP contribution in [-0.2, 0) is 6.61 Å². The fourth-order valence-corrected chi connectivity index (χ4v) is 2.49. The lowest BCUT2D eigenvalue weighted by Crippen LogP contribution is -2.12. The molecule has 1 heterocycles. The minimum Gasteiger partial charge on any atom is -0.392 e. The second-order valence-electron chi connectivity index (χ2n) is 4.78. The van der Waals surface area contributed by atoms with Gasteiger partial charge in [0.2, 0.25) is 0 Å². The smallest absolute Gasteiger partial charge is 0.282 e. The highest BCUT2D eigenvalue weighted by molar-refractivity contribution is 6.05. The third-order valence-electron chi connectivity index (χ3n) is 3.51. The first-order chi connectivity index (χ1) is 10.6. The van der Waals surface area contributed by atoms with E-state index in [0.717, 1.165) is 5.39 Å². The first kappa shape index (κ1) is 14.0. The zero-order valence-electron chi connectivity index (χ0n) is 11.5. The van der Waals surface area contributed by atoms with Crippen molar-refractivity contribution in [3.8, 4) is 0 Å². The Bertz CT molecular complexity index is 883. The highest BCUT2D eigenvalue weighted by atomic mass is 16.6. The molecule has 0 unspecified atom stereocenters. The van der Waals surface area contributed by atoms with Crippen LogP contribution < -0.4 is 0 Å². The number of aromatic nitrogens is 1. The van der Waals surface area contributed by atoms with Crippen molar-refractivity contribution in [2.75, 3.05) is 0 Å². The van der Waals surface area contributed by atoms with Gasteiger partial charge in [0.05, 0.1) is 17.0 Å². The molecule has 0 bridgehead atoms. The average molecular weight is 296 g/mol. The number of hydrogen-bond acceptors (Lipinski definition) is 4. The molecule has 0 spiro atoms. The Kier molecular flexibility index (Phi) is 3.44. The molecule has 0 aliphatic heterocycles. The molecule has 0 radical (unpaired) electrons. The summed E-state index contributed by atoms with van der Waals surface area (Å²) in [6.45, 7) is -0.211. The van der Waals surface area contributed by atoms with Crippen LogP contribution in [0.3, 0.4) is 0 Å². The molecule has 0 aliphatic carbocycles. The van der Waals surface area contributed by atoms with E-state index in [-0.39, 0.29) is 17.9 Å². The number of nitrogens with zero attached hydrogens (tertiary/aromatic N) is 2. The number of aliphatic hydroxyl groups is 1. The van der Waals surface area contributed by atoms with Crippen molar-refractivity contribution in [3.05, 3.63) is 76.0 Å². The van der Waals surface area contributed by atoms with Crippen molar-refractivity contribution in [1.29, 1.82) is 0 Å². The van der Waals surface area contributed by atoms with Crippen LogP contribution in [0.25, 0.3) is 10.9 Å². The van der Waals surface area contributed by atoms with Gasteiger partial charge in [-0.2, -0.15) is 0 Å². The Morgan fingerprint density at radius 3 is 2.55 bits per heavy atom. The summed E-state index contributed by atoms with van der Waals surface area (Å²) in [4.78, 5) is 23.2. The molecule has 110 valence electrons. The molecule has 1 aromatic heterocycles. The number of nitro benzene ring substituents is 1. The summed E-state index contributed by atoms with van der Waals surface area (Å²) in [6, 6.07) is 12.9. The van der Waals surface area contributed by atoms with Gasteiger partial charge in [-0.25, -0.2) is 0 Å². The Balaban J connectivity index is 2.20. The first-order valence-corrected chi connectivity index (χ1v) is 6.61. The second kappa shape index (κ2) is 5.42. The molecular formula is C16H12N2O4. The predicted octanol–water partition coefficient (Wildman–Crippen LogP) is 2.73. The van der Waals surface area contributed by atoms with Gasteiger partial charge >= 0.3 is 0 Å². The molecule has 0 fully saturated rings. The molecule has 3 aromatic rings. The number of carbonyl (C=O) groups is 1. The third-order valence-corrected chi connectivity index (χ3v) is 3.51. The molecule has 0 atom stereocenters. The molecular weight excluding hydrogens is 284 g/mol. The van der Waals surface area contributed by atoms with E-state index in [0.29, 0.717) is 11.1 Å². The molecule has 1 N–H and O–H groups in total. The number of carbonyl (C=O) groups excluding carboxylic acids is 1. The van der Waals surface area contributed by atoms with Crippen LogP contribution in [0.2, 0.25) is 0 Å². The van der Waals surface area contributed by atoms with Gasteiger partial charge in [0.25, 0.3) is 11.6 Å². The fourth-order valence-electron chi connectivity index (χ4n) is 2.49. The third kappa shape index (κ3) is 2.15. The number of nitro groups is 1. The maximum absolute atomic E-state index is 12.7. The summed E-state index contributed by atoms with van der Waals surface area (Å²) in [6.07, 6.45) is 1.52. The number of aliphatic hydroxyl groups excluding tert-OH is 1. The van der Waals surface area contributed by atoms with E-state index >= 15 is 0 Å². The van der Waals surface area contributed by atoms with Gasteiger partial charge in [0, 0.05) is 23.2 Å². The molecule has 0 aliphatic rings. The van der Waals surface area contributed by atoms with E-state index in [1.807, 2.05) is 0 Å². The average Bonchev–Trinajstić information content (AvgIpc) is 2.93. The summed E-state index contributed by atoms with van der Waals surface area (Å²) >= 11 is 0. The van der Waals surface area contributed by atoms with Crippen molar-refractivity contribution in [1.82, 2.24) is 4.57 Å². The first-order valence-electron chi connectivity index (χ1n) is 6.61. The fraction of sp³-hybridized carbons (Fsp3) is 0.0625. The van der Waals surface area contributed by atoms with Crippen LogP contribution in [0.1, 0.15) is 15.9 Å². The molecule has 3 rings (SSSR count). The molecule has 6 heteroatoms. The van der Waals surface area contributed by atoms with Crippen molar-refractivity contribution >= 4 is 22.5 Å². The number of benzene rings is 2. The van der Waals surface area contributed by atoms with Crippen molar-refractivity contribution in [3.63, 3.8) is 0 Å². The maximum Gasteiger partial charge on any atom is 0.282 e. The largest absolute Gasteiger partial charge is 0.392 e. The summed E-state index contributed by atoms with van der Waals surface area (Å²) in [5.41, 5.74) is 0.978. The van der Waals surface area contributed by atoms with E-state index < -0.39 is 10.8 Å². The summed E-state index contributed by atoms with van der Waals surface area (Å²) < 4.78 is 1.34. The van der Waals surface area contributed by atoms with Crippen LogP contribution in [-0.4, -0.2) is 20.5 Å². The van der Waals surface area contributed by atoms with Gasteiger partial charge in [-0.05, 0) is 12.1 Å². The van der Waals surface area contributed by atoms with E-state index in [1.54, 1.807) is 30.3 Å². The molecule has 0 amide bonds. The number of rotatable bonds is 3. The quantitative estimate of drug-likeness (QED) is 0.595. The lowest BCUT2D eigenvalue weighted by atomic mass is 10.1. The maximum atomic E-state index is 12.7. The standard InChI is InChI=1S/C16H12N2O4/c19-10-11-9-17(14-7-3-1-5-12(11)14)16(20)13-6-2-4-8-15(13)18(21)22/h1-9,19H,10H2. The van der Waals surface area contributed by atoms with Crippen LogP contribution in [0.15, 0.2) is 54.7 Å². The molecule has 0 saturated heterocycles. The highest BCUT2D eigenvalue weighted by Crippen LogP contribution is 2.25. The Hall–Kier alpha value is -2.99. The Morgan fingerprint density at radius 1 is 1.14 bits per heavy atom. The SMILES string of the molecule is O=C(c1ccccc1[N+](=O)[O-])n1cc(CO)c2ccccc21. The summed E-state index contributed by atoms with van der Waals surface area (Å²) in [5.74, 6) is -0.497. The number of hydrogen-bond donors (Lipinski definition) is 1. The van der Waals surface area contributed by atoms with E-state index in [1.165, 1.54) is 29.0 Å². The normalized spacial score (nSPS) is 10.8. The van der Waals surface area contributed by atoms with Gasteiger partial charge in [-0.15, -0.1) is 0 Å². The zero-order chi connectivity index (χ0) is 15.7. The van der Waals surface area contributed by atoms with Gasteiger partial charge in [0.15, 0.2) is 0 Å². The highest BCUT2D eigenvalue weighted by Gasteiger charge is 2.22. The topological polar surface area (TPSA) is 85.4 Å². The van der Waals surface area contributed by atoms with Crippen molar-refractivity contribution in [2.45, 2.75) is 6.61 Å². The van der Waals surface area contributed by atoms with Gasteiger partial charge in [-0.3, -0.25) is 19.5 Å². The van der Waals surface area contributed by atoms with E-state index in [2.05, 4.69) is 0 Å². The van der Waals surface area contributed by atoms with E-state index in [4.69, 9.17) is 0 Å². The second-order valence-corrected chi connectivity index (χ2v) is 4.78. The number of para-hydroxylation sites is 2. The van der Waals surface area contributed by atoms with Crippen LogP contribution >= 0.6 is 0 Å². The van der Waals surface area contributed by atoms with Gasteiger partial charge in [-0.1, -0.05) is 30.3 Å². The van der Waals surface area contributed by atoms with Crippen molar-refractivity contribution in [2.24, 2.45) is 0 Å². The Labute approximate surface area is 125 Å². The Morgan fingerprint density at radius 2 is 1.82 bits per heavy atom. The van der Waals surface area contributed by atoms with Crippen LogP contribution in [0.4, 0.5) is 5.69 Å². The molecule has 2 aromatic carbocycles. The minimum atomic E-state index is -0.578. The lowest BCUT2D eigenvalue weighted by molar-refractivity contribution is -0.385.